The summed E-state index contributed by atoms with van der Waals surface area (Å²) in [4.78, 5) is 19.7. The van der Waals surface area contributed by atoms with Crippen molar-refractivity contribution in [2.75, 3.05) is 12.8 Å². The van der Waals surface area contributed by atoms with E-state index in [0.29, 0.717) is 22.3 Å². The van der Waals surface area contributed by atoms with Crippen molar-refractivity contribution in [2.24, 2.45) is 0 Å². The fourth-order valence-electron chi connectivity index (χ4n) is 3.35. The third-order valence-electron chi connectivity index (χ3n) is 4.52. The Morgan fingerprint density at radius 2 is 1.62 bits per heavy atom. The van der Waals surface area contributed by atoms with E-state index in [1.165, 1.54) is 7.11 Å². The Bertz CT molecular complexity index is 657. The molecule has 0 spiro atoms. The van der Waals surface area contributed by atoms with Crippen LogP contribution < -0.4 is 5.73 Å². The van der Waals surface area contributed by atoms with Crippen LogP contribution in [-0.4, -0.2) is 31.1 Å². The lowest BCUT2D eigenvalue weighted by molar-refractivity contribution is 0.0595. The van der Waals surface area contributed by atoms with Gasteiger partial charge in [0.2, 0.25) is 0 Å². The Balaban J connectivity index is 3.43. The lowest BCUT2D eigenvalue weighted by Crippen LogP contribution is -2.43. The van der Waals surface area contributed by atoms with Gasteiger partial charge in [-0.15, -0.1) is 5.54 Å². The number of carbonyl (C=O) groups excluding carboxylic acids is 1. The summed E-state index contributed by atoms with van der Waals surface area (Å²) in [5.41, 5.74) is 11.0. The van der Waals surface area contributed by atoms with Crippen LogP contribution in [-0.2, 0) is 4.74 Å². The van der Waals surface area contributed by atoms with Crippen LogP contribution in [0.3, 0.4) is 0 Å². The van der Waals surface area contributed by atoms with Gasteiger partial charge in [0.15, 0.2) is 22.4 Å². The molecule has 0 atom stereocenters. The number of nitrogens with zero attached hydrogens (tertiary/aromatic N) is 2. The molecule has 0 radical (unpaired) electrons. The lowest BCUT2D eigenvalue weighted by Gasteiger charge is -2.38. The molecule has 1 aromatic rings. The van der Waals surface area contributed by atoms with Gasteiger partial charge in [-0.1, -0.05) is 59.1 Å². The highest BCUT2D eigenvalue weighted by Gasteiger charge is 2.41. The standard InChI is InChI=1S/C17H26ClN3O2Si/c1-10(2)24(11(3)4,12(5)6)9-8-13-15(18)21-14(16(19)20-13)17(22)23-7/h10-12H,1-7H3,(H2,19,20). The summed E-state index contributed by atoms with van der Waals surface area (Å²) in [6.07, 6.45) is 0. The highest BCUT2D eigenvalue weighted by Crippen LogP contribution is 2.40. The third kappa shape index (κ3) is 3.90. The first kappa shape index (κ1) is 20.5. The topological polar surface area (TPSA) is 78.1 Å². The van der Waals surface area contributed by atoms with Crippen LogP contribution in [0.1, 0.15) is 57.7 Å². The van der Waals surface area contributed by atoms with E-state index in [4.69, 9.17) is 17.3 Å². The van der Waals surface area contributed by atoms with Gasteiger partial charge in [0.05, 0.1) is 7.11 Å². The molecule has 5 nitrogen and oxygen atoms in total. The van der Waals surface area contributed by atoms with Crippen molar-refractivity contribution in [3.8, 4) is 11.5 Å². The maximum atomic E-state index is 11.6. The number of ether oxygens (including phenoxy) is 1. The van der Waals surface area contributed by atoms with Gasteiger partial charge in [-0.3, -0.25) is 0 Å². The van der Waals surface area contributed by atoms with Gasteiger partial charge in [0, 0.05) is 0 Å². The van der Waals surface area contributed by atoms with Crippen molar-refractivity contribution in [2.45, 2.75) is 58.2 Å². The Morgan fingerprint density at radius 1 is 1.12 bits per heavy atom. The third-order valence-corrected chi connectivity index (χ3v) is 11.1. The SMILES string of the molecule is COC(=O)c1nc(Cl)c(C#C[Si](C(C)C)(C(C)C)C(C)C)nc1N. The number of rotatable bonds is 4. The summed E-state index contributed by atoms with van der Waals surface area (Å²) in [5.74, 6) is 2.40. The van der Waals surface area contributed by atoms with Crippen LogP contribution in [0, 0.1) is 11.5 Å². The van der Waals surface area contributed by atoms with Crippen LogP contribution in [0.4, 0.5) is 5.82 Å². The molecule has 24 heavy (non-hydrogen) atoms. The first-order chi connectivity index (χ1) is 11.1. The number of anilines is 1. The molecule has 1 aromatic heterocycles. The molecule has 0 bridgehead atoms. The number of carbonyl (C=O) groups is 1. The molecule has 0 saturated heterocycles. The number of esters is 1. The van der Waals surface area contributed by atoms with Crippen molar-refractivity contribution < 1.29 is 9.53 Å². The first-order valence-corrected chi connectivity index (χ1v) is 10.6. The van der Waals surface area contributed by atoms with Gasteiger partial charge in [0.25, 0.3) is 0 Å². The average molecular weight is 368 g/mol. The summed E-state index contributed by atoms with van der Waals surface area (Å²) >= 11 is 6.15. The second-order valence-electron chi connectivity index (χ2n) is 6.74. The van der Waals surface area contributed by atoms with E-state index in [2.05, 4.69) is 67.7 Å². The minimum Gasteiger partial charge on any atom is -0.464 e. The number of aromatic nitrogens is 2. The largest absolute Gasteiger partial charge is 0.464 e. The fourth-order valence-corrected chi connectivity index (χ4v) is 8.73. The molecule has 0 aliphatic rings. The number of hydrogen-bond acceptors (Lipinski definition) is 5. The average Bonchev–Trinajstić information content (AvgIpc) is 2.48. The second-order valence-corrected chi connectivity index (χ2v) is 12.7. The number of halogens is 1. The summed E-state index contributed by atoms with van der Waals surface area (Å²) < 4.78 is 4.61. The highest BCUT2D eigenvalue weighted by molar-refractivity contribution is 6.90. The fraction of sp³-hybridized carbons (Fsp3) is 0.588. The normalized spacial score (nSPS) is 11.6. The van der Waals surface area contributed by atoms with Gasteiger partial charge in [-0.05, 0) is 16.6 Å². The van der Waals surface area contributed by atoms with Gasteiger partial charge in [0.1, 0.15) is 8.07 Å². The first-order valence-electron chi connectivity index (χ1n) is 8.02. The Kier molecular flexibility index (Phi) is 6.82. The molecule has 0 unspecified atom stereocenters. The van der Waals surface area contributed by atoms with E-state index >= 15 is 0 Å². The van der Waals surface area contributed by atoms with Gasteiger partial charge >= 0.3 is 5.97 Å². The molecule has 0 aromatic carbocycles. The van der Waals surface area contributed by atoms with Crippen LogP contribution in [0.25, 0.3) is 0 Å². The van der Waals surface area contributed by atoms with Crippen LogP contribution in [0.2, 0.25) is 21.8 Å². The van der Waals surface area contributed by atoms with E-state index in [9.17, 15) is 4.79 Å². The minimum atomic E-state index is -1.91. The lowest BCUT2D eigenvalue weighted by atomic mass is 10.4. The van der Waals surface area contributed by atoms with Crippen molar-refractivity contribution in [3.05, 3.63) is 16.5 Å². The minimum absolute atomic E-state index is 0.0264. The van der Waals surface area contributed by atoms with E-state index < -0.39 is 14.0 Å². The number of hydrogen-bond donors (Lipinski definition) is 1. The molecule has 0 aliphatic heterocycles. The molecule has 0 aliphatic carbocycles. The van der Waals surface area contributed by atoms with E-state index in [-0.39, 0.29) is 16.7 Å². The van der Waals surface area contributed by atoms with Gasteiger partial charge in [-0.2, -0.15) is 0 Å². The van der Waals surface area contributed by atoms with Crippen molar-refractivity contribution in [3.63, 3.8) is 0 Å². The van der Waals surface area contributed by atoms with E-state index in [1.54, 1.807) is 0 Å². The highest BCUT2D eigenvalue weighted by atomic mass is 35.5. The monoisotopic (exact) mass is 367 g/mol. The molecule has 0 amide bonds. The second kappa shape index (κ2) is 7.99. The predicted octanol–water partition coefficient (Wildman–Crippen LogP) is 4.07. The molecule has 7 heteroatoms. The van der Waals surface area contributed by atoms with Crippen LogP contribution >= 0.6 is 11.6 Å². The molecule has 1 rings (SSSR count). The van der Waals surface area contributed by atoms with Crippen molar-refractivity contribution in [1.82, 2.24) is 9.97 Å². The van der Waals surface area contributed by atoms with Crippen molar-refractivity contribution >= 4 is 31.5 Å². The number of methoxy groups -OCH3 is 1. The maximum absolute atomic E-state index is 11.6. The van der Waals surface area contributed by atoms with Gasteiger partial charge in [-0.25, -0.2) is 14.8 Å². The summed E-state index contributed by atoms with van der Waals surface area (Å²) in [6, 6.07) is 0. The summed E-state index contributed by atoms with van der Waals surface area (Å²) in [6.45, 7) is 13.4. The smallest absolute Gasteiger partial charge is 0.360 e. The molecule has 2 N–H and O–H groups in total. The molecular weight excluding hydrogens is 342 g/mol. The zero-order valence-electron chi connectivity index (χ0n) is 15.4. The quantitative estimate of drug-likeness (QED) is 0.493. The van der Waals surface area contributed by atoms with Crippen molar-refractivity contribution in [1.29, 1.82) is 0 Å². The van der Waals surface area contributed by atoms with E-state index in [1.807, 2.05) is 0 Å². The number of nitrogen functional groups attached to an aromatic ring is 1. The summed E-state index contributed by atoms with van der Waals surface area (Å²) in [7, 11) is -0.664. The zero-order chi connectivity index (χ0) is 18.7. The van der Waals surface area contributed by atoms with Gasteiger partial charge < -0.3 is 10.5 Å². The molecule has 1 heterocycles. The maximum Gasteiger partial charge on any atom is 0.360 e. The predicted molar refractivity (Wildman–Crippen MR) is 101 cm³/mol. The molecular formula is C17H26ClN3O2Si. The molecule has 0 fully saturated rings. The zero-order valence-corrected chi connectivity index (χ0v) is 17.2. The Labute approximate surface area is 150 Å². The summed E-state index contributed by atoms with van der Waals surface area (Å²) in [5, 5.41) is 0.0660. The Morgan fingerprint density at radius 3 is 2.04 bits per heavy atom. The number of nitrogens with two attached hydrogens (primary N) is 1. The Hall–Kier alpha value is -1.58. The molecule has 132 valence electrons. The van der Waals surface area contributed by atoms with Crippen LogP contribution in [0.15, 0.2) is 0 Å². The molecule has 0 saturated carbocycles. The van der Waals surface area contributed by atoms with Crippen LogP contribution in [0.5, 0.6) is 0 Å². The van der Waals surface area contributed by atoms with E-state index in [0.717, 1.165) is 0 Å².